The molecule has 1 atom stereocenters. The molecule has 12 heteroatoms. The number of H-pyrrole nitrogens is 1. The quantitative estimate of drug-likeness (QED) is 0.349. The zero-order valence-electron chi connectivity index (χ0n) is 18.1. The predicted octanol–water partition coefficient (Wildman–Crippen LogP) is 2.71. The number of thiol groups is 1. The summed E-state index contributed by atoms with van der Waals surface area (Å²) in [7, 11) is -2.56. The van der Waals surface area contributed by atoms with Crippen LogP contribution < -0.4 is 0 Å². The molecule has 10 nitrogen and oxygen atoms in total. The van der Waals surface area contributed by atoms with E-state index in [1.807, 2.05) is 45.6 Å². The maximum atomic E-state index is 11.4. The Labute approximate surface area is 200 Å². The van der Waals surface area contributed by atoms with Gasteiger partial charge in [-0.25, -0.2) is 18.4 Å². The summed E-state index contributed by atoms with van der Waals surface area (Å²) >= 11 is 1.60. The van der Waals surface area contributed by atoms with E-state index in [1.165, 1.54) is 0 Å². The van der Waals surface area contributed by atoms with Crippen molar-refractivity contribution in [3.63, 3.8) is 0 Å². The minimum atomic E-state index is -2.56. The van der Waals surface area contributed by atoms with Crippen LogP contribution in [0, 0.1) is 11.3 Å². The van der Waals surface area contributed by atoms with Crippen molar-refractivity contribution in [1.29, 1.82) is 5.26 Å². The van der Waals surface area contributed by atoms with Crippen molar-refractivity contribution >= 4 is 44.1 Å². The number of hydrogen-bond donors (Lipinski definition) is 2. The predicted molar refractivity (Wildman–Crippen MR) is 129 cm³/mol. The number of thiophene rings is 1. The van der Waals surface area contributed by atoms with Gasteiger partial charge in [0.05, 0.1) is 41.0 Å². The SMILES string of the molecule is CC(N1CC(CC#N)(n2cc(-n3c(-c4cccs4)nc4cnc5[nH]ccc5c43)cn2)C1)[SH](=O)=O. The topological polar surface area (TPSA) is 125 Å². The van der Waals surface area contributed by atoms with Gasteiger partial charge in [-0.2, -0.15) is 10.4 Å². The van der Waals surface area contributed by atoms with Crippen LogP contribution in [-0.4, -0.2) is 61.1 Å². The summed E-state index contributed by atoms with van der Waals surface area (Å²) in [6, 6.07) is 8.26. The lowest BCUT2D eigenvalue weighted by atomic mass is 9.87. The van der Waals surface area contributed by atoms with E-state index in [2.05, 4.69) is 25.7 Å². The number of likely N-dealkylation sites (tertiary alicyclic amines) is 1. The number of imidazole rings is 1. The molecule has 6 rings (SSSR count). The van der Waals surface area contributed by atoms with Crippen LogP contribution in [0.25, 0.3) is 38.5 Å². The number of nitrogens with one attached hydrogen (secondary N) is 1. The standard InChI is InChI=1S/C22H20N8O2S2/c1-14(34(31)32)28-12-22(13-28,5-6-23)29-11-15(9-26-29)30-19-16-4-7-24-20(16)25-10-17(19)27-21(30)18-3-2-8-33-18/h2-4,7-11,14,34H,5,12-13H2,1H3,(H,24,25). The molecule has 1 N–H and O–H groups in total. The molecule has 34 heavy (non-hydrogen) atoms. The summed E-state index contributed by atoms with van der Waals surface area (Å²) in [5, 5.41) is 16.5. The Morgan fingerprint density at radius 1 is 1.32 bits per heavy atom. The molecule has 6 heterocycles. The number of fused-ring (bicyclic) bond motifs is 3. The second-order valence-electron chi connectivity index (χ2n) is 8.50. The molecule has 0 radical (unpaired) electrons. The summed E-state index contributed by atoms with van der Waals surface area (Å²) < 4.78 is 26.8. The van der Waals surface area contributed by atoms with E-state index in [0.717, 1.165) is 38.5 Å². The minimum absolute atomic E-state index is 0.238. The van der Waals surface area contributed by atoms with Gasteiger partial charge in [-0.05, 0) is 24.4 Å². The smallest absolute Gasteiger partial charge is 0.156 e. The Kier molecular flexibility index (Phi) is 4.80. The third kappa shape index (κ3) is 3.08. The van der Waals surface area contributed by atoms with Gasteiger partial charge >= 0.3 is 0 Å². The van der Waals surface area contributed by atoms with Gasteiger partial charge in [-0.1, -0.05) is 6.07 Å². The van der Waals surface area contributed by atoms with E-state index in [0.29, 0.717) is 13.1 Å². The Bertz CT molecular complexity index is 1620. The second kappa shape index (κ2) is 7.76. The molecule has 0 aliphatic carbocycles. The Morgan fingerprint density at radius 2 is 2.18 bits per heavy atom. The summed E-state index contributed by atoms with van der Waals surface area (Å²) in [6.45, 7) is 2.55. The maximum Gasteiger partial charge on any atom is 0.156 e. The normalized spacial score (nSPS) is 16.7. The number of nitrogens with zero attached hydrogens (tertiary/aromatic N) is 7. The summed E-state index contributed by atoms with van der Waals surface area (Å²) in [5.41, 5.74) is 2.72. The van der Waals surface area contributed by atoms with E-state index < -0.39 is 21.6 Å². The lowest BCUT2D eigenvalue weighted by Gasteiger charge is -2.50. The number of aromatic nitrogens is 6. The Morgan fingerprint density at radius 3 is 2.91 bits per heavy atom. The Balaban J connectivity index is 1.49. The van der Waals surface area contributed by atoms with E-state index in [1.54, 1.807) is 30.7 Å². The van der Waals surface area contributed by atoms with Crippen molar-refractivity contribution in [2.75, 3.05) is 13.1 Å². The highest BCUT2D eigenvalue weighted by Gasteiger charge is 2.47. The number of pyridine rings is 1. The van der Waals surface area contributed by atoms with Crippen LogP contribution in [0.15, 0.2) is 48.4 Å². The summed E-state index contributed by atoms with van der Waals surface area (Å²) in [4.78, 5) is 15.4. The molecular formula is C22H20N8O2S2. The van der Waals surface area contributed by atoms with E-state index in [-0.39, 0.29) is 6.42 Å². The van der Waals surface area contributed by atoms with Crippen LogP contribution in [-0.2, 0) is 16.2 Å². The van der Waals surface area contributed by atoms with Gasteiger partial charge in [0.25, 0.3) is 0 Å². The first kappa shape index (κ1) is 21.0. The van der Waals surface area contributed by atoms with Gasteiger partial charge in [-0.3, -0.25) is 14.1 Å². The zero-order chi connectivity index (χ0) is 23.4. The lowest BCUT2D eigenvalue weighted by Crippen LogP contribution is -2.65. The highest BCUT2D eigenvalue weighted by atomic mass is 32.2. The highest BCUT2D eigenvalue weighted by Crippen LogP contribution is 2.37. The van der Waals surface area contributed by atoms with Crippen molar-refractivity contribution in [2.45, 2.75) is 24.3 Å². The molecular weight excluding hydrogens is 472 g/mol. The molecule has 5 aromatic heterocycles. The minimum Gasteiger partial charge on any atom is -0.346 e. The van der Waals surface area contributed by atoms with Gasteiger partial charge < -0.3 is 4.98 Å². The molecule has 1 aliphatic heterocycles. The van der Waals surface area contributed by atoms with Crippen LogP contribution in [0.3, 0.4) is 0 Å². The molecule has 0 spiro atoms. The molecule has 172 valence electrons. The number of aromatic amines is 1. The van der Waals surface area contributed by atoms with Crippen LogP contribution in [0.1, 0.15) is 13.3 Å². The summed E-state index contributed by atoms with van der Waals surface area (Å²) in [5.74, 6) is 0.793. The van der Waals surface area contributed by atoms with Crippen molar-refractivity contribution in [1.82, 2.24) is 34.2 Å². The molecule has 0 bridgehead atoms. The average molecular weight is 493 g/mol. The van der Waals surface area contributed by atoms with Crippen LogP contribution in [0.4, 0.5) is 0 Å². The third-order valence-electron chi connectivity index (χ3n) is 6.49. The molecule has 1 saturated heterocycles. The first-order valence-electron chi connectivity index (χ1n) is 10.7. The zero-order valence-corrected chi connectivity index (χ0v) is 19.8. The molecule has 1 aliphatic rings. The first-order valence-corrected chi connectivity index (χ1v) is 12.8. The van der Waals surface area contributed by atoms with Crippen molar-refractivity contribution in [3.8, 4) is 22.5 Å². The van der Waals surface area contributed by atoms with Gasteiger partial charge in [0, 0.05) is 30.9 Å². The Hall–Kier alpha value is -3.53. The van der Waals surface area contributed by atoms with Gasteiger partial charge in [0.2, 0.25) is 0 Å². The van der Waals surface area contributed by atoms with Crippen LogP contribution in [0.2, 0.25) is 0 Å². The number of nitriles is 1. The molecule has 1 unspecified atom stereocenters. The van der Waals surface area contributed by atoms with E-state index >= 15 is 0 Å². The van der Waals surface area contributed by atoms with Crippen LogP contribution in [0.5, 0.6) is 0 Å². The molecule has 0 saturated carbocycles. The van der Waals surface area contributed by atoms with Gasteiger partial charge in [0.1, 0.15) is 22.1 Å². The fourth-order valence-corrected chi connectivity index (χ4v) is 5.81. The maximum absolute atomic E-state index is 11.4. The van der Waals surface area contributed by atoms with Gasteiger partial charge in [0.15, 0.2) is 16.5 Å². The largest absolute Gasteiger partial charge is 0.346 e. The highest BCUT2D eigenvalue weighted by molar-refractivity contribution is 7.73. The second-order valence-corrected chi connectivity index (χ2v) is 10.8. The third-order valence-corrected chi connectivity index (χ3v) is 8.29. The lowest BCUT2D eigenvalue weighted by molar-refractivity contribution is -0.000700. The molecule has 0 aromatic carbocycles. The van der Waals surface area contributed by atoms with Crippen molar-refractivity contribution in [3.05, 3.63) is 48.4 Å². The number of hydrogen-bond acceptors (Lipinski definition) is 8. The van der Waals surface area contributed by atoms with E-state index in [4.69, 9.17) is 4.98 Å². The fraction of sp³-hybridized carbons (Fsp3) is 0.273. The molecule has 1 fully saturated rings. The number of rotatable bonds is 6. The molecule has 0 amide bonds. The van der Waals surface area contributed by atoms with Crippen LogP contribution >= 0.6 is 11.3 Å². The fourth-order valence-electron chi connectivity index (χ4n) is 4.67. The molecule has 5 aromatic rings. The van der Waals surface area contributed by atoms with Crippen molar-refractivity contribution < 1.29 is 8.42 Å². The van der Waals surface area contributed by atoms with E-state index in [9.17, 15) is 13.7 Å². The summed E-state index contributed by atoms with van der Waals surface area (Å²) in [6.07, 6.45) is 7.56. The van der Waals surface area contributed by atoms with Gasteiger partial charge in [-0.15, -0.1) is 11.3 Å². The first-order chi connectivity index (χ1) is 16.5. The van der Waals surface area contributed by atoms with Crippen molar-refractivity contribution in [2.24, 2.45) is 0 Å². The monoisotopic (exact) mass is 492 g/mol. The average Bonchev–Trinajstić information content (AvgIpc) is 3.58.